The first kappa shape index (κ1) is 18.6. The second kappa shape index (κ2) is 8.49. The molecule has 1 aromatic rings. The van der Waals surface area contributed by atoms with Crippen molar-refractivity contribution in [2.24, 2.45) is 5.92 Å². The Bertz CT molecular complexity index is 634. The fourth-order valence-electron chi connectivity index (χ4n) is 3.80. The summed E-state index contributed by atoms with van der Waals surface area (Å²) in [5.41, 5.74) is 1.88. The molecule has 0 atom stereocenters. The normalized spacial score (nSPS) is 22.8. The third kappa shape index (κ3) is 4.53. The fourth-order valence-corrected chi connectivity index (χ4v) is 5.42. The maximum absolute atomic E-state index is 12.5. The van der Waals surface area contributed by atoms with Crippen LogP contribution in [0.1, 0.15) is 73.2 Å². The summed E-state index contributed by atoms with van der Waals surface area (Å²) >= 11 is 7.20. The molecule has 1 fully saturated rings. The summed E-state index contributed by atoms with van der Waals surface area (Å²) in [5, 5.41) is 8.23. The molecule has 2 aliphatic rings. The van der Waals surface area contributed by atoms with Crippen molar-refractivity contribution in [1.29, 1.82) is 0 Å². The van der Waals surface area contributed by atoms with Crippen LogP contribution in [0.15, 0.2) is 0 Å². The average Bonchev–Trinajstić information content (AvgIpc) is 2.95. The van der Waals surface area contributed by atoms with Crippen LogP contribution in [0.25, 0.3) is 0 Å². The SMILES string of the molecule is CCOC(=O)c1c(NC(=S)NC2CCC(C)CC2)sc2c1CCCC2. The monoisotopic (exact) mass is 380 g/mol. The van der Waals surface area contributed by atoms with Crippen LogP contribution < -0.4 is 10.6 Å². The maximum atomic E-state index is 12.5. The number of aryl methyl sites for hydroxylation is 1. The number of esters is 1. The minimum absolute atomic E-state index is 0.223. The summed E-state index contributed by atoms with van der Waals surface area (Å²) in [7, 11) is 0. The van der Waals surface area contributed by atoms with Gasteiger partial charge in [0.2, 0.25) is 0 Å². The molecule has 138 valence electrons. The first-order chi connectivity index (χ1) is 12.1. The molecule has 1 aromatic heterocycles. The van der Waals surface area contributed by atoms with Gasteiger partial charge in [-0.15, -0.1) is 11.3 Å². The van der Waals surface area contributed by atoms with Gasteiger partial charge in [-0.2, -0.15) is 0 Å². The largest absolute Gasteiger partial charge is 0.462 e. The Morgan fingerprint density at radius 1 is 1.24 bits per heavy atom. The molecule has 25 heavy (non-hydrogen) atoms. The molecule has 0 bridgehead atoms. The zero-order valence-electron chi connectivity index (χ0n) is 15.2. The van der Waals surface area contributed by atoms with Crippen molar-refractivity contribution in [2.75, 3.05) is 11.9 Å². The summed E-state index contributed by atoms with van der Waals surface area (Å²) in [6.07, 6.45) is 9.17. The van der Waals surface area contributed by atoms with Crippen LogP contribution in [-0.2, 0) is 17.6 Å². The van der Waals surface area contributed by atoms with Gasteiger partial charge in [0.05, 0.1) is 12.2 Å². The van der Waals surface area contributed by atoms with E-state index in [2.05, 4.69) is 17.6 Å². The van der Waals surface area contributed by atoms with Crippen molar-refractivity contribution in [3.8, 4) is 0 Å². The Kier molecular flexibility index (Phi) is 6.34. The highest BCUT2D eigenvalue weighted by Gasteiger charge is 2.27. The number of carbonyl (C=O) groups excluding carboxylic acids is 1. The van der Waals surface area contributed by atoms with E-state index < -0.39 is 0 Å². The van der Waals surface area contributed by atoms with Crippen molar-refractivity contribution < 1.29 is 9.53 Å². The Balaban J connectivity index is 1.71. The number of fused-ring (bicyclic) bond motifs is 1. The molecule has 3 rings (SSSR count). The number of ether oxygens (including phenoxy) is 1. The molecule has 0 aliphatic heterocycles. The van der Waals surface area contributed by atoms with Crippen molar-refractivity contribution in [3.05, 3.63) is 16.0 Å². The molecule has 2 aliphatic carbocycles. The van der Waals surface area contributed by atoms with Gasteiger partial charge in [0.15, 0.2) is 5.11 Å². The molecular formula is C19H28N2O2S2. The van der Waals surface area contributed by atoms with Crippen molar-refractivity contribution in [2.45, 2.75) is 71.3 Å². The predicted molar refractivity (Wildman–Crippen MR) is 108 cm³/mol. The first-order valence-corrected chi connectivity index (χ1v) is 10.7. The number of hydrogen-bond donors (Lipinski definition) is 2. The lowest BCUT2D eigenvalue weighted by molar-refractivity contribution is 0.0526. The molecule has 0 aromatic carbocycles. The first-order valence-electron chi connectivity index (χ1n) is 9.47. The van der Waals surface area contributed by atoms with Crippen LogP contribution in [0.2, 0.25) is 0 Å². The lowest BCUT2D eigenvalue weighted by Gasteiger charge is -2.28. The molecule has 0 unspecified atom stereocenters. The highest BCUT2D eigenvalue weighted by molar-refractivity contribution is 7.80. The molecule has 6 heteroatoms. The highest BCUT2D eigenvalue weighted by atomic mass is 32.1. The number of hydrogen-bond acceptors (Lipinski definition) is 4. The fraction of sp³-hybridized carbons (Fsp3) is 0.684. The molecule has 0 radical (unpaired) electrons. The lowest BCUT2D eigenvalue weighted by atomic mass is 9.87. The van der Waals surface area contributed by atoms with Gasteiger partial charge in [-0.05, 0) is 82.0 Å². The van der Waals surface area contributed by atoms with E-state index in [1.807, 2.05) is 6.92 Å². The van der Waals surface area contributed by atoms with Crippen LogP contribution in [0.4, 0.5) is 5.00 Å². The lowest BCUT2D eigenvalue weighted by Crippen LogP contribution is -2.39. The molecule has 0 saturated heterocycles. The second-order valence-electron chi connectivity index (χ2n) is 7.19. The Morgan fingerprint density at radius 2 is 1.96 bits per heavy atom. The van der Waals surface area contributed by atoms with Crippen molar-refractivity contribution in [1.82, 2.24) is 5.32 Å². The van der Waals surface area contributed by atoms with Gasteiger partial charge in [-0.25, -0.2) is 4.79 Å². The van der Waals surface area contributed by atoms with Crippen LogP contribution in [0.3, 0.4) is 0 Å². The molecule has 0 amide bonds. The number of nitrogens with one attached hydrogen (secondary N) is 2. The van der Waals surface area contributed by atoms with Gasteiger partial charge in [-0.3, -0.25) is 0 Å². The van der Waals surface area contributed by atoms with E-state index in [0.717, 1.165) is 43.0 Å². The number of thiophene rings is 1. The topological polar surface area (TPSA) is 50.4 Å². The zero-order valence-corrected chi connectivity index (χ0v) is 16.8. The van der Waals surface area contributed by atoms with E-state index in [4.69, 9.17) is 17.0 Å². The molecule has 0 spiro atoms. The predicted octanol–water partition coefficient (Wildman–Crippen LogP) is 4.67. The summed E-state index contributed by atoms with van der Waals surface area (Å²) in [6.45, 7) is 4.56. The molecular weight excluding hydrogens is 352 g/mol. The van der Waals surface area contributed by atoms with Gasteiger partial charge in [0.1, 0.15) is 5.00 Å². The second-order valence-corrected chi connectivity index (χ2v) is 8.70. The van der Waals surface area contributed by atoms with Gasteiger partial charge in [0, 0.05) is 10.9 Å². The smallest absolute Gasteiger partial charge is 0.341 e. The molecule has 1 heterocycles. The average molecular weight is 381 g/mol. The quantitative estimate of drug-likeness (QED) is 0.587. The van der Waals surface area contributed by atoms with Crippen molar-refractivity contribution in [3.63, 3.8) is 0 Å². The van der Waals surface area contributed by atoms with E-state index in [9.17, 15) is 4.79 Å². The zero-order chi connectivity index (χ0) is 17.8. The van der Waals surface area contributed by atoms with E-state index in [1.54, 1.807) is 11.3 Å². The van der Waals surface area contributed by atoms with Crippen LogP contribution in [-0.4, -0.2) is 23.7 Å². The van der Waals surface area contributed by atoms with E-state index in [-0.39, 0.29) is 5.97 Å². The van der Waals surface area contributed by atoms with Gasteiger partial charge in [-0.1, -0.05) is 6.92 Å². The Hall–Kier alpha value is -1.14. The summed E-state index contributed by atoms with van der Waals surface area (Å²) in [5.74, 6) is 0.595. The summed E-state index contributed by atoms with van der Waals surface area (Å²) in [6, 6.07) is 0.442. The van der Waals surface area contributed by atoms with E-state index >= 15 is 0 Å². The number of thiocarbonyl (C=S) groups is 1. The molecule has 1 saturated carbocycles. The number of carbonyl (C=O) groups is 1. The number of rotatable bonds is 4. The van der Waals surface area contributed by atoms with Crippen molar-refractivity contribution >= 4 is 39.6 Å². The summed E-state index contributed by atoms with van der Waals surface area (Å²) < 4.78 is 5.30. The minimum atomic E-state index is -0.223. The highest BCUT2D eigenvalue weighted by Crippen LogP contribution is 2.38. The third-order valence-electron chi connectivity index (χ3n) is 5.23. The standard InChI is InChI=1S/C19H28N2O2S2/c1-3-23-18(22)16-14-6-4-5-7-15(14)25-17(16)21-19(24)20-13-10-8-12(2)9-11-13/h12-13H,3-11H2,1-2H3,(H2,20,21,24). The maximum Gasteiger partial charge on any atom is 0.341 e. The van der Waals surface area contributed by atoms with Gasteiger partial charge >= 0.3 is 5.97 Å². The van der Waals surface area contributed by atoms with Gasteiger partial charge < -0.3 is 15.4 Å². The minimum Gasteiger partial charge on any atom is -0.462 e. The van der Waals surface area contributed by atoms with Gasteiger partial charge in [0.25, 0.3) is 0 Å². The van der Waals surface area contributed by atoms with E-state index in [1.165, 1.54) is 29.7 Å². The van der Waals surface area contributed by atoms with Crippen LogP contribution in [0, 0.1) is 5.92 Å². The molecule has 4 nitrogen and oxygen atoms in total. The molecule has 2 N–H and O–H groups in total. The van der Waals surface area contributed by atoms with E-state index in [0.29, 0.717) is 23.3 Å². The third-order valence-corrected chi connectivity index (χ3v) is 6.66. The summed E-state index contributed by atoms with van der Waals surface area (Å²) in [4.78, 5) is 13.8. The number of anilines is 1. The Morgan fingerprint density at radius 3 is 2.68 bits per heavy atom. The van der Waals surface area contributed by atoms with Crippen LogP contribution in [0.5, 0.6) is 0 Å². The van der Waals surface area contributed by atoms with Crippen LogP contribution >= 0.6 is 23.6 Å². The Labute approximate surface area is 159 Å².